The highest BCUT2D eigenvalue weighted by atomic mass is 19.1. The van der Waals surface area contributed by atoms with Gasteiger partial charge >= 0.3 is 13.1 Å². The molecule has 0 aliphatic carbocycles. The van der Waals surface area contributed by atoms with Crippen LogP contribution >= 0.6 is 0 Å². The summed E-state index contributed by atoms with van der Waals surface area (Å²) in [6.07, 6.45) is 11.3. The van der Waals surface area contributed by atoms with Crippen LogP contribution in [-0.2, 0) is 18.8 Å². The van der Waals surface area contributed by atoms with Gasteiger partial charge in [0.15, 0.2) is 0 Å². The average molecular weight is 382 g/mol. The van der Waals surface area contributed by atoms with E-state index in [9.17, 15) is 9.18 Å². The lowest BCUT2D eigenvalue weighted by molar-refractivity contribution is -0.140. The minimum atomic E-state index is -0.432. The summed E-state index contributed by atoms with van der Waals surface area (Å²) in [6.45, 7) is 7.99. The van der Waals surface area contributed by atoms with Crippen LogP contribution in [-0.4, -0.2) is 31.4 Å². The van der Waals surface area contributed by atoms with Gasteiger partial charge in [-0.2, -0.15) is 0 Å². The molecule has 154 valence electrons. The summed E-state index contributed by atoms with van der Waals surface area (Å²) in [7, 11) is 0.988. The zero-order valence-electron chi connectivity index (χ0n) is 17.7. The molecule has 0 aromatic rings. The molecule has 0 aromatic carbocycles. The number of esters is 1. The van der Waals surface area contributed by atoms with Gasteiger partial charge in [-0.3, -0.25) is 4.79 Å². The minimum Gasteiger partial charge on any atom is -0.469 e. The fourth-order valence-electron chi connectivity index (χ4n) is 2.85. The number of methoxy groups -OCH3 is 1. The van der Waals surface area contributed by atoms with Gasteiger partial charge in [0.25, 0.3) is 0 Å². The van der Waals surface area contributed by atoms with Crippen molar-refractivity contribution in [2.24, 2.45) is 0 Å². The molecular weight excluding hydrogens is 346 g/mol. The highest BCUT2D eigenvalue weighted by Gasteiger charge is 2.49. The lowest BCUT2D eigenvalue weighted by Gasteiger charge is -2.32. The third-order valence-corrected chi connectivity index (χ3v) is 5.34. The van der Waals surface area contributed by atoms with E-state index >= 15 is 0 Å². The number of hydrogen-bond acceptors (Lipinski definition) is 4. The Morgan fingerprint density at radius 2 is 1.41 bits per heavy atom. The van der Waals surface area contributed by atoms with Gasteiger partial charge in [0.05, 0.1) is 24.1 Å². The first-order valence-corrected chi connectivity index (χ1v) is 10.1. The second-order valence-electron chi connectivity index (χ2n) is 8.17. The van der Waals surface area contributed by atoms with Crippen molar-refractivity contribution in [3.05, 3.63) is 24.0 Å². The van der Waals surface area contributed by atoms with E-state index in [2.05, 4.69) is 4.74 Å². The topological polar surface area (TPSA) is 44.8 Å². The first-order chi connectivity index (χ1) is 12.7. The van der Waals surface area contributed by atoms with Crippen LogP contribution in [0, 0.1) is 0 Å². The third-order valence-electron chi connectivity index (χ3n) is 5.34. The largest absolute Gasteiger partial charge is 0.487 e. The van der Waals surface area contributed by atoms with E-state index in [1.54, 1.807) is 12.1 Å². The summed E-state index contributed by atoms with van der Waals surface area (Å²) in [6, 6.07) is 0. The molecule has 0 N–H and O–H groups in total. The van der Waals surface area contributed by atoms with Crippen LogP contribution in [0.4, 0.5) is 4.39 Å². The standard InChI is InChI=1S/C21H36BFO4/c1-20(2)21(3,4)27-22(26-20)17-13-15-18(23)14-11-9-7-6-8-10-12-16-19(24)25-5/h13,15,17H,6-12,14,16H2,1-5H3/b17-13+,18-15+. The zero-order valence-corrected chi connectivity index (χ0v) is 17.7. The number of hydrogen-bond donors (Lipinski definition) is 0. The maximum atomic E-state index is 13.9. The van der Waals surface area contributed by atoms with E-state index in [0.29, 0.717) is 12.8 Å². The fourth-order valence-corrected chi connectivity index (χ4v) is 2.85. The molecule has 6 heteroatoms. The summed E-state index contributed by atoms with van der Waals surface area (Å²) in [4.78, 5) is 11.0. The van der Waals surface area contributed by atoms with E-state index in [4.69, 9.17) is 9.31 Å². The lowest BCUT2D eigenvalue weighted by Crippen LogP contribution is -2.41. The van der Waals surface area contributed by atoms with Crippen LogP contribution in [0.25, 0.3) is 0 Å². The molecule has 0 saturated carbocycles. The van der Waals surface area contributed by atoms with Crippen LogP contribution in [0.15, 0.2) is 24.0 Å². The van der Waals surface area contributed by atoms with E-state index in [0.717, 1.165) is 44.9 Å². The quantitative estimate of drug-likeness (QED) is 0.188. The Hall–Kier alpha value is -1.14. The van der Waals surface area contributed by atoms with Crippen LogP contribution < -0.4 is 0 Å². The zero-order chi connectivity index (χ0) is 20.3. The second kappa shape index (κ2) is 11.7. The molecule has 4 nitrogen and oxygen atoms in total. The first-order valence-electron chi connectivity index (χ1n) is 10.1. The molecule has 0 aromatic heterocycles. The van der Waals surface area contributed by atoms with Gasteiger partial charge in [-0.1, -0.05) is 44.2 Å². The van der Waals surface area contributed by atoms with Gasteiger partial charge in [0.1, 0.15) is 0 Å². The molecule has 1 heterocycles. The van der Waals surface area contributed by atoms with E-state index in [-0.39, 0.29) is 23.0 Å². The molecule has 1 fully saturated rings. The van der Waals surface area contributed by atoms with Crippen molar-refractivity contribution in [3.63, 3.8) is 0 Å². The van der Waals surface area contributed by atoms with Gasteiger partial charge in [-0.05, 0) is 53.0 Å². The maximum absolute atomic E-state index is 13.9. The Morgan fingerprint density at radius 1 is 0.926 bits per heavy atom. The summed E-state index contributed by atoms with van der Waals surface area (Å²) >= 11 is 0. The summed E-state index contributed by atoms with van der Waals surface area (Å²) in [5.41, 5.74) is -0.743. The molecule has 0 radical (unpaired) electrons. The molecule has 0 bridgehead atoms. The molecule has 1 rings (SSSR count). The molecule has 1 saturated heterocycles. The van der Waals surface area contributed by atoms with Crippen molar-refractivity contribution in [2.45, 2.75) is 96.7 Å². The number of unbranched alkanes of at least 4 members (excludes halogenated alkanes) is 6. The number of ether oxygens (including phenoxy) is 1. The Morgan fingerprint density at radius 3 is 1.93 bits per heavy atom. The van der Waals surface area contributed by atoms with Crippen LogP contribution in [0.3, 0.4) is 0 Å². The lowest BCUT2D eigenvalue weighted by atomic mass is 9.90. The molecule has 0 amide bonds. The van der Waals surface area contributed by atoms with Gasteiger partial charge in [-0.25, -0.2) is 4.39 Å². The Balaban J connectivity index is 2.08. The van der Waals surface area contributed by atoms with Gasteiger partial charge < -0.3 is 14.0 Å². The predicted molar refractivity (Wildman–Crippen MR) is 108 cm³/mol. The fraction of sp³-hybridized carbons (Fsp3) is 0.762. The summed E-state index contributed by atoms with van der Waals surface area (Å²) in [5.74, 6) is 1.51. The van der Waals surface area contributed by atoms with Crippen molar-refractivity contribution >= 4 is 13.1 Å². The van der Waals surface area contributed by atoms with Gasteiger partial charge in [0, 0.05) is 6.42 Å². The maximum Gasteiger partial charge on any atom is 0.487 e. The van der Waals surface area contributed by atoms with Crippen LogP contribution in [0.1, 0.15) is 85.5 Å². The Labute approximate surface area is 164 Å². The smallest absolute Gasteiger partial charge is 0.469 e. The van der Waals surface area contributed by atoms with Crippen LogP contribution in [0.2, 0.25) is 0 Å². The van der Waals surface area contributed by atoms with Crippen LogP contribution in [0.5, 0.6) is 0 Å². The molecule has 1 aliphatic rings. The van der Waals surface area contributed by atoms with E-state index in [1.165, 1.54) is 13.2 Å². The third kappa shape index (κ3) is 9.07. The van der Waals surface area contributed by atoms with Crippen molar-refractivity contribution in [3.8, 4) is 0 Å². The number of halogens is 1. The molecular formula is C21H36BFO4. The van der Waals surface area contributed by atoms with E-state index in [1.807, 2.05) is 27.7 Å². The molecule has 0 unspecified atom stereocenters. The number of carbonyl (C=O) groups excluding carboxylic acids is 1. The molecule has 27 heavy (non-hydrogen) atoms. The normalized spacial score (nSPS) is 19.0. The van der Waals surface area contributed by atoms with Crippen molar-refractivity contribution in [1.29, 1.82) is 0 Å². The SMILES string of the molecule is COC(=O)CCCCCCCCC/C(F)=C\C=C\B1OC(C)(C)C(C)(C)O1. The molecule has 1 aliphatic heterocycles. The van der Waals surface area contributed by atoms with Gasteiger partial charge in [-0.15, -0.1) is 0 Å². The monoisotopic (exact) mass is 382 g/mol. The second-order valence-corrected chi connectivity index (χ2v) is 8.17. The van der Waals surface area contributed by atoms with Crippen molar-refractivity contribution in [1.82, 2.24) is 0 Å². The number of carbonyl (C=O) groups is 1. The minimum absolute atomic E-state index is 0.110. The van der Waals surface area contributed by atoms with Gasteiger partial charge in [0.2, 0.25) is 0 Å². The number of allylic oxidation sites excluding steroid dienone is 3. The highest BCUT2D eigenvalue weighted by molar-refractivity contribution is 6.51. The van der Waals surface area contributed by atoms with Crippen molar-refractivity contribution < 1.29 is 23.2 Å². The predicted octanol–water partition coefficient (Wildman–Crippen LogP) is 5.71. The Bertz CT molecular complexity index is 498. The highest BCUT2D eigenvalue weighted by Crippen LogP contribution is 2.36. The Kier molecular flexibility index (Phi) is 10.3. The van der Waals surface area contributed by atoms with Crippen molar-refractivity contribution in [2.75, 3.05) is 7.11 Å². The molecule has 0 spiro atoms. The summed E-state index contributed by atoms with van der Waals surface area (Å²) < 4.78 is 30.1. The van der Waals surface area contributed by atoms with E-state index < -0.39 is 7.12 Å². The number of rotatable bonds is 12. The average Bonchev–Trinajstić information content (AvgIpc) is 2.79. The molecule has 0 atom stereocenters. The summed E-state index contributed by atoms with van der Waals surface area (Å²) in [5, 5.41) is 0. The first kappa shape index (κ1) is 23.9.